The summed E-state index contributed by atoms with van der Waals surface area (Å²) in [5.74, 6) is 0.695. The van der Waals surface area contributed by atoms with Crippen molar-refractivity contribution < 1.29 is 0 Å². The molecule has 0 fully saturated rings. The van der Waals surface area contributed by atoms with Crippen LogP contribution in [0.4, 0.5) is 5.69 Å². The van der Waals surface area contributed by atoms with Gasteiger partial charge in [-0.05, 0) is 30.3 Å². The first kappa shape index (κ1) is 15.1. The summed E-state index contributed by atoms with van der Waals surface area (Å²) in [7, 11) is 0. The Morgan fingerprint density at radius 3 is 1.48 bits per heavy atom. The molecule has 0 bridgehead atoms. The number of nitrogen functional groups attached to an aromatic ring is 1. The molecule has 0 saturated heterocycles. The van der Waals surface area contributed by atoms with E-state index in [9.17, 15) is 0 Å². The van der Waals surface area contributed by atoms with E-state index in [0.717, 1.165) is 33.8 Å². The van der Waals surface area contributed by atoms with E-state index in [1.807, 2.05) is 66.7 Å². The zero-order valence-electron chi connectivity index (χ0n) is 13.6. The lowest BCUT2D eigenvalue weighted by atomic mass is 10.1. The van der Waals surface area contributed by atoms with Crippen molar-refractivity contribution in [2.75, 3.05) is 5.73 Å². The number of rotatable bonds is 3. The zero-order chi connectivity index (χ0) is 17.1. The molecule has 0 aliphatic heterocycles. The quantitative estimate of drug-likeness (QED) is 0.536. The van der Waals surface area contributed by atoms with Gasteiger partial charge in [0.1, 0.15) is 0 Å². The molecular formula is C22H17N3. The Morgan fingerprint density at radius 1 is 0.520 bits per heavy atom. The molecule has 1 heterocycles. The van der Waals surface area contributed by atoms with Crippen LogP contribution in [-0.4, -0.2) is 9.97 Å². The molecule has 0 atom stereocenters. The number of benzene rings is 3. The highest BCUT2D eigenvalue weighted by Crippen LogP contribution is 2.27. The molecule has 0 aliphatic rings. The van der Waals surface area contributed by atoms with E-state index in [1.165, 1.54) is 0 Å². The van der Waals surface area contributed by atoms with Crippen molar-refractivity contribution in [3.8, 4) is 33.9 Å². The van der Waals surface area contributed by atoms with E-state index >= 15 is 0 Å². The number of hydrogen-bond acceptors (Lipinski definition) is 3. The van der Waals surface area contributed by atoms with E-state index in [1.54, 1.807) is 0 Å². The summed E-state index contributed by atoms with van der Waals surface area (Å²) in [6.45, 7) is 0. The van der Waals surface area contributed by atoms with Crippen LogP contribution in [0, 0.1) is 0 Å². The molecule has 0 spiro atoms. The summed E-state index contributed by atoms with van der Waals surface area (Å²) >= 11 is 0. The van der Waals surface area contributed by atoms with Crippen LogP contribution in [0.1, 0.15) is 0 Å². The van der Waals surface area contributed by atoms with Crippen molar-refractivity contribution in [3.05, 3.63) is 91.0 Å². The van der Waals surface area contributed by atoms with Gasteiger partial charge in [0, 0.05) is 22.4 Å². The molecule has 0 amide bonds. The van der Waals surface area contributed by atoms with E-state index in [4.69, 9.17) is 15.7 Å². The van der Waals surface area contributed by atoms with Gasteiger partial charge >= 0.3 is 0 Å². The fourth-order valence-corrected chi connectivity index (χ4v) is 2.72. The summed E-state index contributed by atoms with van der Waals surface area (Å²) < 4.78 is 0. The smallest absolute Gasteiger partial charge is 0.160 e. The fourth-order valence-electron chi connectivity index (χ4n) is 2.72. The summed E-state index contributed by atoms with van der Waals surface area (Å²) in [4.78, 5) is 9.55. The van der Waals surface area contributed by atoms with Crippen LogP contribution in [-0.2, 0) is 0 Å². The lowest BCUT2D eigenvalue weighted by molar-refractivity contribution is 1.18. The normalized spacial score (nSPS) is 10.6. The maximum Gasteiger partial charge on any atom is 0.160 e. The van der Waals surface area contributed by atoms with Crippen molar-refractivity contribution in [3.63, 3.8) is 0 Å². The Morgan fingerprint density at radius 2 is 1.00 bits per heavy atom. The van der Waals surface area contributed by atoms with Crippen LogP contribution in [0.2, 0.25) is 0 Å². The minimum atomic E-state index is 0.695. The van der Waals surface area contributed by atoms with Gasteiger partial charge in [-0.3, -0.25) is 0 Å². The van der Waals surface area contributed by atoms with Crippen LogP contribution in [0.15, 0.2) is 91.0 Å². The number of nitrogens with two attached hydrogens (primary N) is 1. The maximum atomic E-state index is 5.81. The molecule has 4 rings (SSSR count). The highest BCUT2D eigenvalue weighted by atomic mass is 14.9. The first-order valence-electron chi connectivity index (χ1n) is 8.15. The molecule has 25 heavy (non-hydrogen) atoms. The van der Waals surface area contributed by atoms with Crippen molar-refractivity contribution >= 4 is 5.69 Å². The highest BCUT2D eigenvalue weighted by Gasteiger charge is 2.10. The topological polar surface area (TPSA) is 51.8 Å². The summed E-state index contributed by atoms with van der Waals surface area (Å²) in [6, 6.07) is 30.0. The van der Waals surface area contributed by atoms with E-state index in [0.29, 0.717) is 5.82 Å². The first-order valence-corrected chi connectivity index (χ1v) is 8.15. The number of nitrogens with zero attached hydrogens (tertiary/aromatic N) is 2. The Labute approximate surface area is 146 Å². The molecule has 3 heteroatoms. The van der Waals surface area contributed by atoms with E-state index < -0.39 is 0 Å². The number of aromatic nitrogens is 2. The van der Waals surface area contributed by atoms with E-state index in [-0.39, 0.29) is 0 Å². The Hall–Kier alpha value is -3.46. The second-order valence-corrected chi connectivity index (χ2v) is 5.82. The summed E-state index contributed by atoms with van der Waals surface area (Å²) in [5.41, 5.74) is 11.4. The van der Waals surface area contributed by atoms with Crippen molar-refractivity contribution in [2.24, 2.45) is 0 Å². The molecule has 4 aromatic rings. The van der Waals surface area contributed by atoms with Crippen molar-refractivity contribution in [2.45, 2.75) is 0 Å². The van der Waals surface area contributed by atoms with Crippen molar-refractivity contribution in [1.82, 2.24) is 9.97 Å². The Kier molecular flexibility index (Phi) is 3.97. The average molecular weight is 323 g/mol. The van der Waals surface area contributed by atoms with Crippen LogP contribution < -0.4 is 5.73 Å². The lowest BCUT2D eigenvalue weighted by Crippen LogP contribution is -1.96. The van der Waals surface area contributed by atoms with Gasteiger partial charge in [-0.2, -0.15) is 0 Å². The van der Waals surface area contributed by atoms with Gasteiger partial charge < -0.3 is 5.73 Å². The summed E-state index contributed by atoms with van der Waals surface area (Å²) in [6.07, 6.45) is 0. The predicted octanol–water partition coefficient (Wildman–Crippen LogP) is 5.06. The van der Waals surface area contributed by atoms with Crippen LogP contribution in [0.3, 0.4) is 0 Å². The largest absolute Gasteiger partial charge is 0.399 e. The zero-order valence-corrected chi connectivity index (χ0v) is 13.6. The lowest BCUT2D eigenvalue weighted by Gasteiger charge is -2.09. The molecule has 0 radical (unpaired) electrons. The molecule has 3 nitrogen and oxygen atoms in total. The minimum absolute atomic E-state index is 0.695. The highest BCUT2D eigenvalue weighted by molar-refractivity contribution is 5.72. The molecule has 3 aromatic carbocycles. The van der Waals surface area contributed by atoms with Gasteiger partial charge in [0.05, 0.1) is 11.4 Å². The SMILES string of the molecule is Nc1ccc(-c2nc(-c3ccccc3)cc(-c3ccccc3)n2)cc1. The van der Waals surface area contributed by atoms with E-state index in [2.05, 4.69) is 24.3 Å². The molecule has 1 aromatic heterocycles. The Bertz CT molecular complexity index is 921. The average Bonchev–Trinajstić information content (AvgIpc) is 2.69. The third-order valence-corrected chi connectivity index (χ3v) is 4.03. The third kappa shape index (κ3) is 3.26. The monoisotopic (exact) mass is 323 g/mol. The maximum absolute atomic E-state index is 5.81. The van der Waals surface area contributed by atoms with Gasteiger partial charge in [0.2, 0.25) is 0 Å². The minimum Gasteiger partial charge on any atom is -0.399 e. The third-order valence-electron chi connectivity index (χ3n) is 4.03. The molecule has 2 N–H and O–H groups in total. The van der Waals surface area contributed by atoms with Crippen LogP contribution >= 0.6 is 0 Å². The number of hydrogen-bond donors (Lipinski definition) is 1. The summed E-state index contributed by atoms with van der Waals surface area (Å²) in [5, 5.41) is 0. The van der Waals surface area contributed by atoms with Gasteiger partial charge in [0.15, 0.2) is 5.82 Å². The van der Waals surface area contributed by atoms with Gasteiger partial charge in [0.25, 0.3) is 0 Å². The molecular weight excluding hydrogens is 306 g/mol. The Balaban J connectivity index is 1.90. The molecule has 0 aliphatic carbocycles. The standard InChI is InChI=1S/C22H17N3/c23-19-13-11-18(12-14-19)22-24-20(16-7-3-1-4-8-16)15-21(25-22)17-9-5-2-6-10-17/h1-15H,23H2. The first-order chi connectivity index (χ1) is 12.3. The molecule has 0 saturated carbocycles. The van der Waals surface area contributed by atoms with Crippen molar-refractivity contribution in [1.29, 1.82) is 0 Å². The van der Waals surface area contributed by atoms with Gasteiger partial charge in [-0.1, -0.05) is 60.7 Å². The van der Waals surface area contributed by atoms with Gasteiger partial charge in [-0.25, -0.2) is 9.97 Å². The van der Waals surface area contributed by atoms with Gasteiger partial charge in [-0.15, -0.1) is 0 Å². The fraction of sp³-hybridized carbons (Fsp3) is 0. The second-order valence-electron chi connectivity index (χ2n) is 5.82. The molecule has 120 valence electrons. The van der Waals surface area contributed by atoms with Crippen LogP contribution in [0.25, 0.3) is 33.9 Å². The second kappa shape index (κ2) is 6.57. The number of anilines is 1. The molecule has 0 unspecified atom stereocenters. The van der Waals surface area contributed by atoms with Crippen LogP contribution in [0.5, 0.6) is 0 Å². The predicted molar refractivity (Wildman–Crippen MR) is 103 cm³/mol.